The van der Waals surface area contributed by atoms with Crippen molar-refractivity contribution in [2.75, 3.05) is 18.7 Å². The molecule has 6 heteroatoms. The van der Waals surface area contributed by atoms with Gasteiger partial charge in [-0.15, -0.1) is 11.8 Å². The molecular weight excluding hydrogens is 264 g/mol. The summed E-state index contributed by atoms with van der Waals surface area (Å²) in [5, 5.41) is 12.4. The van der Waals surface area contributed by atoms with E-state index in [-0.39, 0.29) is 0 Å². The van der Waals surface area contributed by atoms with Gasteiger partial charge in [-0.2, -0.15) is 5.26 Å². The van der Waals surface area contributed by atoms with Crippen LogP contribution >= 0.6 is 11.8 Å². The number of esters is 1. The normalized spacial score (nSPS) is 10.5. The van der Waals surface area contributed by atoms with Crippen molar-refractivity contribution in [3.05, 3.63) is 29.3 Å². The van der Waals surface area contributed by atoms with Gasteiger partial charge in [-0.3, -0.25) is 4.79 Å². The molecule has 0 aliphatic carbocycles. The molecule has 1 aromatic carbocycles. The predicted molar refractivity (Wildman–Crippen MR) is 75.1 cm³/mol. The van der Waals surface area contributed by atoms with Gasteiger partial charge in [0, 0.05) is 24.8 Å². The van der Waals surface area contributed by atoms with Crippen LogP contribution in [0.2, 0.25) is 0 Å². The highest BCUT2D eigenvalue weighted by Crippen LogP contribution is 2.31. The van der Waals surface area contributed by atoms with E-state index < -0.39 is 5.97 Å². The Hall–Kier alpha value is -2.13. The molecule has 100 valence electrons. The minimum Gasteiger partial charge on any atom is -0.493 e. The van der Waals surface area contributed by atoms with Gasteiger partial charge in [-0.05, 0) is 18.4 Å². The van der Waals surface area contributed by atoms with Crippen LogP contribution in [0.1, 0.15) is 6.92 Å². The van der Waals surface area contributed by atoms with Crippen molar-refractivity contribution in [2.24, 2.45) is 0 Å². The molecule has 0 aromatic heterocycles. The molecule has 0 aliphatic heterocycles. The van der Waals surface area contributed by atoms with Crippen LogP contribution in [0, 0.1) is 11.3 Å². The molecule has 0 fully saturated rings. The van der Waals surface area contributed by atoms with Gasteiger partial charge in [0.1, 0.15) is 0 Å². The number of nitrogens with zero attached hydrogens (tertiary/aromatic N) is 1. The summed E-state index contributed by atoms with van der Waals surface area (Å²) in [4.78, 5) is 11.0. The highest BCUT2D eigenvalue weighted by atomic mass is 32.2. The number of methoxy groups -OCH3 is 1. The Morgan fingerprint density at radius 1 is 1.47 bits per heavy atom. The second-order valence-corrected chi connectivity index (χ2v) is 4.27. The van der Waals surface area contributed by atoms with Gasteiger partial charge in [0.25, 0.3) is 0 Å². The van der Waals surface area contributed by atoms with E-state index in [1.165, 1.54) is 31.9 Å². The molecule has 0 spiro atoms. The van der Waals surface area contributed by atoms with E-state index in [0.717, 1.165) is 0 Å². The minimum absolute atomic E-state index is 0.331. The van der Waals surface area contributed by atoms with Crippen LogP contribution in [0.15, 0.2) is 29.3 Å². The average molecular weight is 278 g/mol. The monoisotopic (exact) mass is 278 g/mol. The number of nitrogens with one attached hydrogen (secondary N) is 1. The number of allylic oxidation sites excluding steroid dienone is 1. The highest BCUT2D eigenvalue weighted by Gasteiger charge is 2.08. The van der Waals surface area contributed by atoms with Gasteiger partial charge < -0.3 is 14.8 Å². The number of anilines is 1. The first-order valence-corrected chi connectivity index (χ1v) is 6.60. The second-order valence-electron chi connectivity index (χ2n) is 3.43. The Kier molecular flexibility index (Phi) is 5.76. The molecule has 0 saturated carbocycles. The summed E-state index contributed by atoms with van der Waals surface area (Å²) in [5.41, 5.74) is 0.702. The molecule has 0 aliphatic rings. The number of hydrogen-bond donors (Lipinski definition) is 1. The SMILES string of the molecule is COc1ccc(NC(=CC#N)SC)cc1OC(C)=O. The van der Waals surface area contributed by atoms with E-state index in [0.29, 0.717) is 22.2 Å². The average Bonchev–Trinajstić information content (AvgIpc) is 2.38. The maximum Gasteiger partial charge on any atom is 0.308 e. The standard InChI is InChI=1S/C13H14N2O3S/c1-9(16)18-12-8-10(4-5-11(12)17-2)15-13(19-3)6-7-14/h4-6,8,15H,1-3H3. The van der Waals surface area contributed by atoms with Crippen LogP contribution in [0.25, 0.3) is 0 Å². The first-order chi connectivity index (χ1) is 9.10. The predicted octanol–water partition coefficient (Wildman–Crippen LogP) is 2.76. The Morgan fingerprint density at radius 3 is 2.74 bits per heavy atom. The molecule has 0 heterocycles. The van der Waals surface area contributed by atoms with Crippen LogP contribution in [-0.4, -0.2) is 19.3 Å². The molecule has 0 saturated heterocycles. The van der Waals surface area contributed by atoms with E-state index in [2.05, 4.69) is 5.32 Å². The lowest BCUT2D eigenvalue weighted by Crippen LogP contribution is -2.04. The van der Waals surface area contributed by atoms with Crippen molar-refractivity contribution in [1.29, 1.82) is 5.26 Å². The Bertz CT molecular complexity index is 535. The van der Waals surface area contributed by atoms with Gasteiger partial charge >= 0.3 is 5.97 Å². The zero-order chi connectivity index (χ0) is 14.3. The first kappa shape index (κ1) is 14.9. The number of carbonyl (C=O) groups is 1. The Morgan fingerprint density at radius 2 is 2.21 bits per heavy atom. The van der Waals surface area contributed by atoms with Gasteiger partial charge in [0.05, 0.1) is 18.2 Å². The van der Waals surface area contributed by atoms with Crippen molar-refractivity contribution in [3.8, 4) is 17.6 Å². The molecule has 19 heavy (non-hydrogen) atoms. The summed E-state index contributed by atoms with van der Waals surface area (Å²) in [5.74, 6) is 0.376. The van der Waals surface area contributed by atoms with Gasteiger partial charge in [-0.25, -0.2) is 0 Å². The lowest BCUT2D eigenvalue weighted by molar-refractivity contribution is -0.132. The maximum absolute atomic E-state index is 11.0. The largest absolute Gasteiger partial charge is 0.493 e. The summed E-state index contributed by atoms with van der Waals surface area (Å²) in [6.07, 6.45) is 3.26. The van der Waals surface area contributed by atoms with Crippen molar-refractivity contribution in [2.45, 2.75) is 6.92 Å². The molecule has 5 nitrogen and oxygen atoms in total. The number of carbonyl (C=O) groups excluding carboxylic acids is 1. The summed E-state index contributed by atoms with van der Waals surface area (Å²) < 4.78 is 10.2. The van der Waals surface area contributed by atoms with Crippen LogP contribution < -0.4 is 14.8 Å². The summed E-state index contributed by atoms with van der Waals surface area (Å²) >= 11 is 1.41. The van der Waals surface area contributed by atoms with E-state index in [4.69, 9.17) is 14.7 Å². The fraction of sp³-hybridized carbons (Fsp3) is 0.231. The number of rotatable bonds is 5. The topological polar surface area (TPSA) is 71.3 Å². The molecule has 1 N–H and O–H groups in total. The van der Waals surface area contributed by atoms with Crippen LogP contribution in [-0.2, 0) is 4.79 Å². The lowest BCUT2D eigenvalue weighted by Gasteiger charge is -2.12. The van der Waals surface area contributed by atoms with E-state index >= 15 is 0 Å². The van der Waals surface area contributed by atoms with Crippen LogP contribution in [0.5, 0.6) is 11.5 Å². The number of thioether (sulfide) groups is 1. The van der Waals surface area contributed by atoms with Crippen LogP contribution in [0.3, 0.4) is 0 Å². The van der Waals surface area contributed by atoms with Crippen molar-refractivity contribution in [1.82, 2.24) is 0 Å². The third-order valence-electron chi connectivity index (χ3n) is 2.10. The van der Waals surface area contributed by atoms with Gasteiger partial charge in [0.15, 0.2) is 11.5 Å². The first-order valence-electron chi connectivity index (χ1n) is 5.38. The second kappa shape index (κ2) is 7.34. The summed E-state index contributed by atoms with van der Waals surface area (Å²) in [6.45, 7) is 1.32. The maximum atomic E-state index is 11.0. The fourth-order valence-electron chi connectivity index (χ4n) is 1.34. The van der Waals surface area contributed by atoms with Crippen LogP contribution in [0.4, 0.5) is 5.69 Å². The molecule has 1 rings (SSSR count). The molecule has 0 bridgehead atoms. The molecule has 0 atom stereocenters. The lowest BCUT2D eigenvalue weighted by atomic mass is 10.2. The quantitative estimate of drug-likeness (QED) is 0.507. The summed E-state index contributed by atoms with van der Waals surface area (Å²) in [7, 11) is 1.50. The Balaban J connectivity index is 3.01. The molecule has 1 aromatic rings. The molecule has 0 amide bonds. The summed E-state index contributed by atoms with van der Waals surface area (Å²) in [6, 6.07) is 7.05. The molecular formula is C13H14N2O3S. The molecule has 0 radical (unpaired) electrons. The number of benzene rings is 1. The number of nitriles is 1. The van der Waals surface area contributed by atoms with Gasteiger partial charge in [0.2, 0.25) is 0 Å². The van der Waals surface area contributed by atoms with Gasteiger partial charge in [-0.1, -0.05) is 0 Å². The van der Waals surface area contributed by atoms with Crippen molar-refractivity contribution < 1.29 is 14.3 Å². The third-order valence-corrected chi connectivity index (χ3v) is 2.76. The Labute approximate surface area is 116 Å². The van der Waals surface area contributed by atoms with E-state index in [1.807, 2.05) is 12.3 Å². The number of hydrogen-bond acceptors (Lipinski definition) is 6. The fourth-order valence-corrected chi connectivity index (χ4v) is 1.73. The van der Waals surface area contributed by atoms with Crippen molar-refractivity contribution in [3.63, 3.8) is 0 Å². The van der Waals surface area contributed by atoms with E-state index in [1.54, 1.807) is 18.2 Å². The third kappa shape index (κ3) is 4.56. The zero-order valence-electron chi connectivity index (χ0n) is 10.9. The smallest absolute Gasteiger partial charge is 0.308 e. The highest BCUT2D eigenvalue weighted by molar-refractivity contribution is 8.02. The van der Waals surface area contributed by atoms with E-state index in [9.17, 15) is 4.79 Å². The minimum atomic E-state index is -0.423. The number of ether oxygens (including phenoxy) is 2. The molecule has 0 unspecified atom stereocenters. The zero-order valence-corrected chi connectivity index (χ0v) is 11.7. The van der Waals surface area contributed by atoms with Crippen molar-refractivity contribution >= 4 is 23.4 Å².